The quantitative estimate of drug-likeness (QED) is 0.429. The molecule has 3 heteroatoms. The van der Waals surface area contributed by atoms with Gasteiger partial charge in [0.2, 0.25) is 5.91 Å². The first kappa shape index (κ1) is 9.17. The Labute approximate surface area is 61.3 Å². The first-order valence-electron chi connectivity index (χ1n) is 3.32. The van der Waals surface area contributed by atoms with Crippen LogP contribution in [0, 0.1) is 0 Å². The minimum atomic E-state index is -0.412. The number of nitrogens with two attached hydrogens (primary N) is 1. The van der Waals surface area contributed by atoms with E-state index in [-0.39, 0.29) is 5.91 Å². The van der Waals surface area contributed by atoms with Gasteiger partial charge in [-0.1, -0.05) is 6.08 Å². The summed E-state index contributed by atoms with van der Waals surface area (Å²) in [5, 5.41) is 2.65. The van der Waals surface area contributed by atoms with Crippen molar-refractivity contribution in [2.45, 2.75) is 19.4 Å². The maximum absolute atomic E-state index is 10.7. The summed E-state index contributed by atoms with van der Waals surface area (Å²) in [6.45, 7) is 5.80. The molecule has 0 aliphatic rings. The van der Waals surface area contributed by atoms with Gasteiger partial charge >= 0.3 is 0 Å². The molecule has 0 saturated carbocycles. The minimum absolute atomic E-state index is 0.109. The third kappa shape index (κ3) is 4.09. The van der Waals surface area contributed by atoms with Gasteiger partial charge in [-0.15, -0.1) is 6.58 Å². The Kier molecular flexibility index (Phi) is 4.58. The molecule has 0 unspecified atom stereocenters. The standard InChI is InChI=1S/C7H14N2O/c1-3-4-5-9-7(10)6(2)8/h3,6H,1,4-5,8H2,2H3,(H,9,10)/t6-/m1/s1. The van der Waals surface area contributed by atoms with Gasteiger partial charge in [0.05, 0.1) is 6.04 Å². The Bertz CT molecular complexity index is 121. The van der Waals surface area contributed by atoms with E-state index in [1.54, 1.807) is 13.0 Å². The van der Waals surface area contributed by atoms with Crippen molar-refractivity contribution in [3.63, 3.8) is 0 Å². The fourth-order valence-electron chi connectivity index (χ4n) is 0.458. The second-order valence-electron chi connectivity index (χ2n) is 2.16. The number of hydrogen-bond acceptors (Lipinski definition) is 2. The molecule has 1 amide bonds. The van der Waals surface area contributed by atoms with Crippen LogP contribution in [0.5, 0.6) is 0 Å². The zero-order chi connectivity index (χ0) is 7.98. The van der Waals surface area contributed by atoms with Crippen LogP contribution in [-0.2, 0) is 4.79 Å². The molecule has 58 valence electrons. The monoisotopic (exact) mass is 142 g/mol. The van der Waals surface area contributed by atoms with Crippen LogP contribution >= 0.6 is 0 Å². The lowest BCUT2D eigenvalue weighted by atomic mass is 10.3. The summed E-state index contributed by atoms with van der Waals surface area (Å²) in [6.07, 6.45) is 2.54. The van der Waals surface area contributed by atoms with E-state index in [4.69, 9.17) is 5.73 Å². The highest BCUT2D eigenvalue weighted by atomic mass is 16.2. The average Bonchev–Trinajstić information content (AvgIpc) is 1.88. The number of rotatable bonds is 4. The number of nitrogens with one attached hydrogen (secondary N) is 1. The number of carbonyl (C=O) groups is 1. The highest BCUT2D eigenvalue weighted by Gasteiger charge is 2.03. The molecule has 0 fully saturated rings. The molecule has 0 aliphatic carbocycles. The molecule has 0 aliphatic heterocycles. The fourth-order valence-corrected chi connectivity index (χ4v) is 0.458. The predicted octanol–water partition coefficient (Wildman–Crippen LogP) is 0.0259. The van der Waals surface area contributed by atoms with E-state index in [1.165, 1.54) is 0 Å². The van der Waals surface area contributed by atoms with Gasteiger partial charge in [0, 0.05) is 6.54 Å². The van der Waals surface area contributed by atoms with Crippen molar-refractivity contribution in [2.75, 3.05) is 6.54 Å². The zero-order valence-electron chi connectivity index (χ0n) is 6.26. The van der Waals surface area contributed by atoms with Crippen molar-refractivity contribution in [3.05, 3.63) is 12.7 Å². The first-order chi connectivity index (χ1) is 4.68. The van der Waals surface area contributed by atoms with E-state index in [9.17, 15) is 4.79 Å². The van der Waals surface area contributed by atoms with Gasteiger partial charge < -0.3 is 11.1 Å². The molecule has 0 spiro atoms. The third-order valence-corrected chi connectivity index (χ3v) is 1.06. The molecule has 0 saturated heterocycles. The molecule has 0 radical (unpaired) electrons. The molecule has 3 nitrogen and oxygen atoms in total. The normalized spacial score (nSPS) is 12.2. The van der Waals surface area contributed by atoms with Gasteiger partial charge in [0.25, 0.3) is 0 Å². The summed E-state index contributed by atoms with van der Waals surface area (Å²) >= 11 is 0. The largest absolute Gasteiger partial charge is 0.354 e. The van der Waals surface area contributed by atoms with E-state index in [0.717, 1.165) is 6.42 Å². The Morgan fingerprint density at radius 3 is 2.90 bits per heavy atom. The summed E-state index contributed by atoms with van der Waals surface area (Å²) in [4.78, 5) is 10.7. The summed E-state index contributed by atoms with van der Waals surface area (Å²) in [7, 11) is 0. The SMILES string of the molecule is C=CCCNC(=O)[C@@H](C)N. The van der Waals surface area contributed by atoms with Gasteiger partial charge in [0.1, 0.15) is 0 Å². The molecule has 0 bridgehead atoms. The maximum atomic E-state index is 10.7. The highest BCUT2D eigenvalue weighted by Crippen LogP contribution is 1.78. The molecular weight excluding hydrogens is 128 g/mol. The van der Waals surface area contributed by atoms with Crippen LogP contribution in [0.25, 0.3) is 0 Å². The second-order valence-corrected chi connectivity index (χ2v) is 2.16. The predicted molar refractivity (Wildman–Crippen MR) is 41.5 cm³/mol. The summed E-state index contributed by atoms with van der Waals surface area (Å²) < 4.78 is 0. The Morgan fingerprint density at radius 1 is 1.90 bits per heavy atom. The lowest BCUT2D eigenvalue weighted by Gasteiger charge is -2.04. The fraction of sp³-hybridized carbons (Fsp3) is 0.571. The molecule has 0 aromatic carbocycles. The van der Waals surface area contributed by atoms with Crippen LogP contribution in [0.3, 0.4) is 0 Å². The topological polar surface area (TPSA) is 55.1 Å². The molecule has 1 atom stereocenters. The van der Waals surface area contributed by atoms with Crippen molar-refractivity contribution in [1.82, 2.24) is 5.32 Å². The van der Waals surface area contributed by atoms with Crippen molar-refractivity contribution in [3.8, 4) is 0 Å². The van der Waals surface area contributed by atoms with Crippen LogP contribution in [-0.4, -0.2) is 18.5 Å². The molecular formula is C7H14N2O. The van der Waals surface area contributed by atoms with Gasteiger partial charge in [0.15, 0.2) is 0 Å². The first-order valence-corrected chi connectivity index (χ1v) is 3.32. The lowest BCUT2D eigenvalue weighted by Crippen LogP contribution is -2.38. The Balaban J connectivity index is 3.30. The summed E-state index contributed by atoms with van der Waals surface area (Å²) in [5.41, 5.74) is 5.28. The lowest BCUT2D eigenvalue weighted by molar-refractivity contribution is -0.121. The molecule has 0 heterocycles. The molecule has 10 heavy (non-hydrogen) atoms. The van der Waals surface area contributed by atoms with Crippen LogP contribution in [0.2, 0.25) is 0 Å². The van der Waals surface area contributed by atoms with Gasteiger partial charge in [-0.25, -0.2) is 0 Å². The minimum Gasteiger partial charge on any atom is -0.354 e. The molecule has 0 aromatic rings. The van der Waals surface area contributed by atoms with E-state index in [0.29, 0.717) is 6.54 Å². The van der Waals surface area contributed by atoms with Crippen LogP contribution in [0.15, 0.2) is 12.7 Å². The smallest absolute Gasteiger partial charge is 0.236 e. The van der Waals surface area contributed by atoms with E-state index >= 15 is 0 Å². The summed E-state index contributed by atoms with van der Waals surface area (Å²) in [5.74, 6) is -0.109. The number of amides is 1. The van der Waals surface area contributed by atoms with Crippen molar-refractivity contribution in [1.29, 1.82) is 0 Å². The van der Waals surface area contributed by atoms with Gasteiger partial charge in [-0.2, -0.15) is 0 Å². The van der Waals surface area contributed by atoms with Crippen LogP contribution in [0.1, 0.15) is 13.3 Å². The average molecular weight is 142 g/mol. The van der Waals surface area contributed by atoms with Crippen LogP contribution < -0.4 is 11.1 Å². The third-order valence-electron chi connectivity index (χ3n) is 1.06. The summed E-state index contributed by atoms with van der Waals surface area (Å²) in [6, 6.07) is -0.412. The number of hydrogen-bond donors (Lipinski definition) is 2. The molecule has 0 rings (SSSR count). The highest BCUT2D eigenvalue weighted by molar-refractivity contribution is 5.80. The Morgan fingerprint density at radius 2 is 2.50 bits per heavy atom. The molecule has 0 aromatic heterocycles. The van der Waals surface area contributed by atoms with E-state index in [1.807, 2.05) is 0 Å². The molecule has 3 N–H and O–H groups in total. The number of carbonyl (C=O) groups excluding carboxylic acids is 1. The van der Waals surface area contributed by atoms with E-state index < -0.39 is 6.04 Å². The zero-order valence-corrected chi connectivity index (χ0v) is 6.26. The van der Waals surface area contributed by atoms with Crippen molar-refractivity contribution < 1.29 is 4.79 Å². The van der Waals surface area contributed by atoms with Gasteiger partial charge in [-0.3, -0.25) is 4.79 Å². The van der Waals surface area contributed by atoms with Crippen LogP contribution in [0.4, 0.5) is 0 Å². The maximum Gasteiger partial charge on any atom is 0.236 e. The van der Waals surface area contributed by atoms with E-state index in [2.05, 4.69) is 11.9 Å². The second kappa shape index (κ2) is 4.99. The van der Waals surface area contributed by atoms with Crippen molar-refractivity contribution in [2.24, 2.45) is 5.73 Å². The van der Waals surface area contributed by atoms with Gasteiger partial charge in [-0.05, 0) is 13.3 Å². The van der Waals surface area contributed by atoms with Crippen molar-refractivity contribution >= 4 is 5.91 Å². The Hall–Kier alpha value is -0.830.